The number of hydrogen-bond acceptors (Lipinski definition) is 5. The van der Waals surface area contributed by atoms with E-state index < -0.39 is 0 Å². The first-order valence-corrected chi connectivity index (χ1v) is 8.53. The molecule has 2 aliphatic heterocycles. The van der Waals surface area contributed by atoms with Gasteiger partial charge in [0.2, 0.25) is 5.91 Å². The Morgan fingerprint density at radius 3 is 2.42 bits per heavy atom. The van der Waals surface area contributed by atoms with E-state index in [1.807, 2.05) is 17.0 Å². The zero-order chi connectivity index (χ0) is 17.1. The molecule has 2 saturated heterocycles. The van der Waals surface area contributed by atoms with E-state index in [0.29, 0.717) is 31.5 Å². The second-order valence-electron chi connectivity index (χ2n) is 6.63. The second-order valence-corrected chi connectivity index (χ2v) is 6.63. The Bertz CT molecular complexity index is 605. The molecule has 1 aromatic heterocycles. The van der Waals surface area contributed by atoms with Gasteiger partial charge in [-0.25, -0.2) is 4.98 Å². The lowest BCUT2D eigenvalue weighted by molar-refractivity contribution is -0.123. The molecule has 2 aliphatic rings. The summed E-state index contributed by atoms with van der Waals surface area (Å²) in [6.45, 7) is 4.82. The number of rotatable bonds is 3. The molecule has 0 spiro atoms. The molecule has 7 nitrogen and oxygen atoms in total. The average molecular weight is 331 g/mol. The number of primary amides is 1. The Balaban J connectivity index is 1.73. The number of pyridine rings is 1. The molecule has 0 aromatic carbocycles. The lowest BCUT2D eigenvalue weighted by Gasteiger charge is -2.35. The van der Waals surface area contributed by atoms with Gasteiger partial charge in [0.1, 0.15) is 5.82 Å². The van der Waals surface area contributed by atoms with Crippen molar-refractivity contribution in [3.63, 3.8) is 0 Å². The van der Waals surface area contributed by atoms with E-state index in [1.54, 1.807) is 6.20 Å². The largest absolute Gasteiger partial charge is 0.369 e. The maximum absolute atomic E-state index is 12.9. The molecular formula is C17H25N5O2. The molecule has 0 atom stereocenters. The molecular weight excluding hydrogens is 306 g/mol. The zero-order valence-corrected chi connectivity index (χ0v) is 14.1. The highest BCUT2D eigenvalue weighted by molar-refractivity contribution is 5.99. The zero-order valence-electron chi connectivity index (χ0n) is 14.1. The second kappa shape index (κ2) is 7.17. The van der Waals surface area contributed by atoms with Crippen molar-refractivity contribution >= 4 is 17.6 Å². The lowest BCUT2D eigenvalue weighted by atomic mass is 9.96. The minimum atomic E-state index is -0.262. The molecule has 7 heteroatoms. The lowest BCUT2D eigenvalue weighted by Crippen LogP contribution is -2.46. The first kappa shape index (κ1) is 16.7. The number of nitrogens with two attached hydrogens (primary N) is 1. The smallest absolute Gasteiger partial charge is 0.257 e. The molecule has 0 unspecified atom stereocenters. The van der Waals surface area contributed by atoms with Crippen LogP contribution in [-0.2, 0) is 4.79 Å². The molecule has 0 aliphatic carbocycles. The maximum Gasteiger partial charge on any atom is 0.257 e. The highest BCUT2D eigenvalue weighted by Crippen LogP contribution is 2.23. The monoisotopic (exact) mass is 331 g/mol. The number of likely N-dealkylation sites (N-methyl/N-ethyl adjacent to an activating group) is 1. The van der Waals surface area contributed by atoms with E-state index >= 15 is 0 Å². The predicted octanol–water partition coefficient (Wildman–Crippen LogP) is 0.171. The SMILES string of the molecule is CN1CCN(c2ncccc2C(=O)N2CCC(C(N)=O)CC2)CC1. The number of aromatic nitrogens is 1. The quantitative estimate of drug-likeness (QED) is 0.854. The van der Waals surface area contributed by atoms with Gasteiger partial charge in [0, 0.05) is 51.4 Å². The van der Waals surface area contributed by atoms with Crippen molar-refractivity contribution in [2.75, 3.05) is 51.2 Å². The third kappa shape index (κ3) is 3.51. The Labute approximate surface area is 142 Å². The summed E-state index contributed by atoms with van der Waals surface area (Å²) < 4.78 is 0. The normalized spacial score (nSPS) is 20.2. The molecule has 130 valence electrons. The van der Waals surface area contributed by atoms with Gasteiger partial charge in [0.05, 0.1) is 5.56 Å². The summed E-state index contributed by atoms with van der Waals surface area (Å²) in [5.41, 5.74) is 6.02. The molecule has 3 heterocycles. The van der Waals surface area contributed by atoms with E-state index in [2.05, 4.69) is 21.8 Å². The summed E-state index contributed by atoms with van der Waals surface area (Å²) in [6, 6.07) is 3.66. The van der Waals surface area contributed by atoms with Crippen LogP contribution in [0, 0.1) is 5.92 Å². The van der Waals surface area contributed by atoms with E-state index in [9.17, 15) is 9.59 Å². The predicted molar refractivity (Wildman–Crippen MR) is 91.8 cm³/mol. The number of amides is 2. The molecule has 1 aromatic rings. The van der Waals surface area contributed by atoms with Crippen LogP contribution in [0.15, 0.2) is 18.3 Å². The fraction of sp³-hybridized carbons (Fsp3) is 0.588. The van der Waals surface area contributed by atoms with Gasteiger partial charge in [0.15, 0.2) is 0 Å². The highest BCUT2D eigenvalue weighted by atomic mass is 16.2. The number of carbonyl (C=O) groups excluding carboxylic acids is 2. The van der Waals surface area contributed by atoms with E-state index in [-0.39, 0.29) is 17.7 Å². The van der Waals surface area contributed by atoms with Gasteiger partial charge in [-0.15, -0.1) is 0 Å². The van der Waals surface area contributed by atoms with Gasteiger partial charge in [-0.05, 0) is 32.0 Å². The Morgan fingerprint density at radius 1 is 1.12 bits per heavy atom. The summed E-state index contributed by atoms with van der Waals surface area (Å²) in [7, 11) is 2.10. The van der Waals surface area contributed by atoms with Gasteiger partial charge in [-0.1, -0.05) is 0 Å². The third-order valence-corrected chi connectivity index (χ3v) is 5.00. The topological polar surface area (TPSA) is 82.8 Å². The van der Waals surface area contributed by atoms with E-state index in [1.165, 1.54) is 0 Å². The van der Waals surface area contributed by atoms with Gasteiger partial charge in [-0.2, -0.15) is 0 Å². The summed E-state index contributed by atoms with van der Waals surface area (Å²) in [4.78, 5) is 35.0. The van der Waals surface area contributed by atoms with Crippen LogP contribution in [0.25, 0.3) is 0 Å². The van der Waals surface area contributed by atoms with Crippen molar-refractivity contribution in [2.45, 2.75) is 12.8 Å². The third-order valence-electron chi connectivity index (χ3n) is 5.00. The Morgan fingerprint density at radius 2 is 1.79 bits per heavy atom. The summed E-state index contributed by atoms with van der Waals surface area (Å²) in [5, 5.41) is 0. The molecule has 2 amide bonds. The first-order valence-electron chi connectivity index (χ1n) is 8.53. The highest BCUT2D eigenvalue weighted by Gasteiger charge is 2.29. The van der Waals surface area contributed by atoms with Crippen molar-refractivity contribution in [1.82, 2.24) is 14.8 Å². The van der Waals surface area contributed by atoms with Crippen LogP contribution in [-0.4, -0.2) is 72.9 Å². The Kier molecular flexibility index (Phi) is 4.99. The number of piperazine rings is 1. The van der Waals surface area contributed by atoms with Gasteiger partial charge in [-0.3, -0.25) is 9.59 Å². The van der Waals surface area contributed by atoms with E-state index in [4.69, 9.17) is 5.73 Å². The van der Waals surface area contributed by atoms with Crippen LogP contribution in [0.1, 0.15) is 23.2 Å². The first-order chi connectivity index (χ1) is 11.6. The van der Waals surface area contributed by atoms with Crippen LogP contribution in [0.4, 0.5) is 5.82 Å². The molecule has 2 N–H and O–H groups in total. The summed E-state index contributed by atoms with van der Waals surface area (Å²) in [5.74, 6) is 0.397. The Hall–Kier alpha value is -2.15. The molecule has 24 heavy (non-hydrogen) atoms. The molecule has 0 radical (unpaired) electrons. The number of nitrogens with zero attached hydrogens (tertiary/aromatic N) is 4. The minimum Gasteiger partial charge on any atom is -0.369 e. The number of likely N-dealkylation sites (tertiary alicyclic amines) is 1. The van der Waals surface area contributed by atoms with Crippen LogP contribution in [0.3, 0.4) is 0 Å². The van der Waals surface area contributed by atoms with Crippen LogP contribution < -0.4 is 10.6 Å². The van der Waals surface area contributed by atoms with Crippen LogP contribution in [0.2, 0.25) is 0 Å². The average Bonchev–Trinajstić information content (AvgIpc) is 2.62. The summed E-state index contributed by atoms with van der Waals surface area (Å²) in [6.07, 6.45) is 3.03. The van der Waals surface area contributed by atoms with Gasteiger partial charge >= 0.3 is 0 Å². The molecule has 2 fully saturated rings. The van der Waals surface area contributed by atoms with Crippen molar-refractivity contribution in [1.29, 1.82) is 0 Å². The molecule has 3 rings (SSSR count). The fourth-order valence-corrected chi connectivity index (χ4v) is 3.37. The minimum absolute atomic E-state index is 0.0000477. The number of anilines is 1. The standard InChI is InChI=1S/C17H25N5O2/c1-20-9-11-21(12-10-20)16-14(3-2-6-19-16)17(24)22-7-4-13(5-8-22)15(18)23/h2-3,6,13H,4-5,7-12H2,1H3,(H2,18,23). The molecule has 0 bridgehead atoms. The van der Waals surface area contributed by atoms with Gasteiger partial charge in [0.25, 0.3) is 5.91 Å². The summed E-state index contributed by atoms with van der Waals surface area (Å²) >= 11 is 0. The fourth-order valence-electron chi connectivity index (χ4n) is 3.37. The number of hydrogen-bond donors (Lipinski definition) is 1. The number of carbonyl (C=O) groups is 2. The van der Waals surface area contributed by atoms with Crippen molar-refractivity contribution in [3.8, 4) is 0 Å². The van der Waals surface area contributed by atoms with Gasteiger partial charge < -0.3 is 20.4 Å². The van der Waals surface area contributed by atoms with Crippen LogP contribution >= 0.6 is 0 Å². The maximum atomic E-state index is 12.9. The van der Waals surface area contributed by atoms with Crippen molar-refractivity contribution in [2.24, 2.45) is 11.7 Å². The molecule has 0 saturated carbocycles. The van der Waals surface area contributed by atoms with Crippen LogP contribution in [0.5, 0.6) is 0 Å². The van der Waals surface area contributed by atoms with Crippen molar-refractivity contribution in [3.05, 3.63) is 23.9 Å². The number of piperidine rings is 1. The van der Waals surface area contributed by atoms with E-state index in [0.717, 1.165) is 32.0 Å². The van der Waals surface area contributed by atoms with Crippen molar-refractivity contribution < 1.29 is 9.59 Å².